The molecule has 3 rings (SSSR count). The van der Waals surface area contributed by atoms with Gasteiger partial charge in [-0.2, -0.15) is 0 Å². The van der Waals surface area contributed by atoms with Gasteiger partial charge in [-0.25, -0.2) is 0 Å². The van der Waals surface area contributed by atoms with Gasteiger partial charge in [-0.05, 0) is 30.2 Å². The molecule has 0 spiro atoms. The summed E-state index contributed by atoms with van der Waals surface area (Å²) in [4.78, 5) is 22.3. The van der Waals surface area contributed by atoms with Gasteiger partial charge in [0, 0.05) is 28.4 Å². The summed E-state index contributed by atoms with van der Waals surface area (Å²) in [6.45, 7) is 3.09. The topological polar surface area (TPSA) is 59.3 Å². The van der Waals surface area contributed by atoms with Crippen LogP contribution >= 0.6 is 0 Å². The van der Waals surface area contributed by atoms with Crippen molar-refractivity contribution in [2.75, 3.05) is 0 Å². The third-order valence-electron chi connectivity index (χ3n) is 4.29. The van der Waals surface area contributed by atoms with Crippen LogP contribution in [0.1, 0.15) is 31.2 Å². The Hall–Kier alpha value is -2.62. The largest absolute Gasteiger partial charge is 0.480 e. The second-order valence-electron chi connectivity index (χ2n) is 5.75. The van der Waals surface area contributed by atoms with Crippen molar-refractivity contribution >= 4 is 34.1 Å². The summed E-state index contributed by atoms with van der Waals surface area (Å²) in [5.74, 6) is -2.23. The minimum absolute atomic E-state index is 0.486. The number of unbranched alkanes of at least 4 members (excludes halogenated alkanes) is 1. The minimum Gasteiger partial charge on any atom is -0.480 e. The zero-order chi connectivity index (χ0) is 16.4. The summed E-state index contributed by atoms with van der Waals surface area (Å²) in [7, 11) is 0. The predicted octanol–water partition coefficient (Wildman–Crippen LogP) is 3.96. The number of aryl methyl sites for hydroxylation is 1. The van der Waals surface area contributed by atoms with Crippen LogP contribution in [-0.4, -0.2) is 21.9 Å². The van der Waals surface area contributed by atoms with Crippen LogP contribution in [-0.2, 0) is 16.1 Å². The van der Waals surface area contributed by atoms with Gasteiger partial charge < -0.3 is 14.5 Å². The van der Waals surface area contributed by atoms with Crippen LogP contribution in [0.3, 0.4) is 0 Å². The molecule has 0 bridgehead atoms. The monoisotopic (exact) mass is 309 g/mol. The fourth-order valence-electron chi connectivity index (χ4n) is 3.10. The first-order valence-corrected chi connectivity index (χ1v) is 7.86. The van der Waals surface area contributed by atoms with Gasteiger partial charge in [0.05, 0.1) is 0 Å². The second-order valence-corrected chi connectivity index (χ2v) is 5.75. The number of hydrogen-bond donors (Lipinski definition) is 1. The highest BCUT2D eigenvalue weighted by Crippen LogP contribution is 2.31. The molecule has 2 aromatic carbocycles. The van der Waals surface area contributed by atoms with Crippen molar-refractivity contribution in [1.29, 1.82) is 0 Å². The number of benzene rings is 2. The molecule has 0 aliphatic rings. The third kappa shape index (κ3) is 2.61. The Labute approximate surface area is 134 Å². The van der Waals surface area contributed by atoms with Crippen molar-refractivity contribution < 1.29 is 14.7 Å². The number of carbonyl (C=O) groups excluding carboxylic acids is 1. The van der Waals surface area contributed by atoms with Gasteiger partial charge in [0.25, 0.3) is 0 Å². The average Bonchev–Trinajstić information content (AvgIpc) is 2.87. The van der Waals surface area contributed by atoms with Crippen LogP contribution in [0.4, 0.5) is 0 Å². The Bertz CT molecular complexity index is 879. The molecular formula is C19H19NO3. The number of hydrogen-bond acceptors (Lipinski definition) is 2. The maximum Gasteiger partial charge on any atom is 0.318 e. The number of carboxylic acids is 1. The summed E-state index contributed by atoms with van der Waals surface area (Å²) in [5.41, 5.74) is 2.75. The maximum atomic E-state index is 11.2. The smallest absolute Gasteiger partial charge is 0.318 e. The average molecular weight is 309 g/mol. The molecule has 4 heteroatoms. The molecule has 4 nitrogen and oxygen atoms in total. The number of carbonyl (C=O) groups is 2. The first kappa shape index (κ1) is 15.3. The molecule has 0 saturated heterocycles. The van der Waals surface area contributed by atoms with Crippen molar-refractivity contribution in [3.63, 3.8) is 0 Å². The molecule has 23 heavy (non-hydrogen) atoms. The number of nitrogens with zero attached hydrogens (tertiary/aromatic N) is 1. The van der Waals surface area contributed by atoms with Gasteiger partial charge in [-0.1, -0.05) is 37.6 Å². The quantitative estimate of drug-likeness (QED) is 0.554. The number of aliphatic carboxylic acids is 1. The zero-order valence-electron chi connectivity index (χ0n) is 13.0. The van der Waals surface area contributed by atoms with Crippen molar-refractivity contribution in [1.82, 2.24) is 4.57 Å². The second kappa shape index (κ2) is 6.24. The first-order chi connectivity index (χ1) is 11.2. The molecule has 0 aliphatic carbocycles. The Morgan fingerprint density at radius 1 is 1.17 bits per heavy atom. The molecule has 118 valence electrons. The SMILES string of the molecule is CCCCn1c2ccccc2c2cc(C(C=O)C(=O)O)ccc21. The van der Waals surface area contributed by atoms with Gasteiger partial charge in [-0.15, -0.1) is 0 Å². The summed E-state index contributed by atoms with van der Waals surface area (Å²) >= 11 is 0. The van der Waals surface area contributed by atoms with Crippen LogP contribution < -0.4 is 0 Å². The van der Waals surface area contributed by atoms with Gasteiger partial charge in [0.1, 0.15) is 12.2 Å². The molecule has 3 aromatic rings. The highest BCUT2D eigenvalue weighted by molar-refractivity contribution is 6.09. The molecule has 1 aromatic heterocycles. The van der Waals surface area contributed by atoms with E-state index in [9.17, 15) is 14.7 Å². The van der Waals surface area contributed by atoms with E-state index < -0.39 is 11.9 Å². The van der Waals surface area contributed by atoms with E-state index in [0.717, 1.165) is 41.2 Å². The van der Waals surface area contributed by atoms with Crippen molar-refractivity contribution in [2.24, 2.45) is 0 Å². The number of aromatic nitrogens is 1. The fourth-order valence-corrected chi connectivity index (χ4v) is 3.10. The van der Waals surface area contributed by atoms with E-state index in [0.29, 0.717) is 11.8 Å². The molecule has 1 unspecified atom stereocenters. The summed E-state index contributed by atoms with van der Waals surface area (Å²) in [6.07, 6.45) is 2.68. The van der Waals surface area contributed by atoms with Crippen LogP contribution in [0.2, 0.25) is 0 Å². The summed E-state index contributed by atoms with van der Waals surface area (Å²) < 4.78 is 2.27. The molecule has 0 amide bonds. The Morgan fingerprint density at radius 3 is 2.61 bits per heavy atom. The van der Waals surface area contributed by atoms with Gasteiger partial charge in [0.2, 0.25) is 0 Å². The number of para-hydroxylation sites is 1. The standard InChI is InChI=1S/C19H19NO3/c1-2-3-10-20-17-7-5-4-6-14(17)15-11-13(8-9-18(15)20)16(12-21)19(22)23/h4-9,11-12,16H,2-3,10H2,1H3,(H,22,23). The summed E-state index contributed by atoms with van der Waals surface area (Å²) in [5, 5.41) is 11.3. The molecule has 0 aliphatic heterocycles. The van der Waals surface area contributed by atoms with E-state index in [-0.39, 0.29) is 0 Å². The van der Waals surface area contributed by atoms with Crippen molar-refractivity contribution in [3.8, 4) is 0 Å². The van der Waals surface area contributed by atoms with Crippen LogP contribution in [0, 0.1) is 0 Å². The maximum absolute atomic E-state index is 11.2. The highest BCUT2D eigenvalue weighted by atomic mass is 16.4. The lowest BCUT2D eigenvalue weighted by Crippen LogP contribution is -2.12. The number of aldehydes is 1. The predicted molar refractivity (Wildman–Crippen MR) is 90.8 cm³/mol. The number of carboxylic acid groups (broad SMARTS) is 1. The first-order valence-electron chi connectivity index (χ1n) is 7.86. The van der Waals surface area contributed by atoms with E-state index in [4.69, 9.17) is 0 Å². The number of fused-ring (bicyclic) bond motifs is 3. The van der Waals surface area contributed by atoms with Crippen LogP contribution in [0.25, 0.3) is 21.8 Å². The fraction of sp³-hybridized carbons (Fsp3) is 0.263. The lowest BCUT2D eigenvalue weighted by Gasteiger charge is -2.08. The van der Waals surface area contributed by atoms with Gasteiger partial charge in [-0.3, -0.25) is 4.79 Å². The van der Waals surface area contributed by atoms with E-state index in [1.54, 1.807) is 6.07 Å². The van der Waals surface area contributed by atoms with E-state index in [2.05, 4.69) is 17.6 Å². The van der Waals surface area contributed by atoms with Crippen LogP contribution in [0.15, 0.2) is 42.5 Å². The van der Waals surface area contributed by atoms with E-state index in [1.807, 2.05) is 30.3 Å². The third-order valence-corrected chi connectivity index (χ3v) is 4.29. The van der Waals surface area contributed by atoms with Gasteiger partial charge in [0.15, 0.2) is 0 Å². The molecule has 1 N–H and O–H groups in total. The van der Waals surface area contributed by atoms with Gasteiger partial charge >= 0.3 is 5.97 Å². The molecule has 0 saturated carbocycles. The van der Waals surface area contributed by atoms with E-state index >= 15 is 0 Å². The van der Waals surface area contributed by atoms with Crippen molar-refractivity contribution in [2.45, 2.75) is 32.2 Å². The van der Waals surface area contributed by atoms with E-state index in [1.165, 1.54) is 0 Å². The highest BCUT2D eigenvalue weighted by Gasteiger charge is 2.20. The molecule has 1 heterocycles. The van der Waals surface area contributed by atoms with Crippen molar-refractivity contribution in [3.05, 3.63) is 48.0 Å². The Morgan fingerprint density at radius 2 is 1.91 bits per heavy atom. The Kier molecular flexibility index (Phi) is 4.15. The zero-order valence-corrected chi connectivity index (χ0v) is 13.0. The summed E-state index contributed by atoms with van der Waals surface area (Å²) in [6, 6.07) is 13.6. The molecule has 0 radical (unpaired) electrons. The molecule has 1 atom stereocenters. The number of rotatable bonds is 6. The minimum atomic E-state index is -1.12. The lowest BCUT2D eigenvalue weighted by atomic mass is 9.98. The molecule has 0 fully saturated rings. The normalized spacial score (nSPS) is 12.6. The lowest BCUT2D eigenvalue weighted by molar-refractivity contribution is -0.140. The Balaban J connectivity index is 2.24. The van der Waals surface area contributed by atoms with Crippen LogP contribution in [0.5, 0.6) is 0 Å². The molecular weight excluding hydrogens is 290 g/mol.